The molecular weight excluding hydrogens is 348 g/mol. The van der Waals surface area contributed by atoms with E-state index in [-0.39, 0.29) is 20.1 Å². The van der Waals surface area contributed by atoms with Gasteiger partial charge in [-0.1, -0.05) is 11.6 Å². The second-order valence-corrected chi connectivity index (χ2v) is 7.12. The van der Waals surface area contributed by atoms with Gasteiger partial charge in [0.1, 0.15) is 9.90 Å². The largest absolute Gasteiger partial charge is 0.477 e. The third kappa shape index (κ3) is 3.12. The lowest BCUT2D eigenvalue weighted by Gasteiger charge is -2.00. The molecule has 0 saturated heterocycles. The molecule has 10 nitrogen and oxygen atoms in total. The number of rotatable bonds is 5. The molecule has 0 aliphatic carbocycles. The summed E-state index contributed by atoms with van der Waals surface area (Å²) in [5.41, 5.74) is -0.849. The molecule has 0 fully saturated rings. The van der Waals surface area contributed by atoms with Gasteiger partial charge in [-0.2, -0.15) is 5.10 Å². The van der Waals surface area contributed by atoms with Gasteiger partial charge in [0.25, 0.3) is 15.7 Å². The van der Waals surface area contributed by atoms with Crippen molar-refractivity contribution < 1.29 is 23.2 Å². The quantitative estimate of drug-likeness (QED) is 0.544. The summed E-state index contributed by atoms with van der Waals surface area (Å²) in [6, 6.07) is 1.77. The first-order valence-corrected chi connectivity index (χ1v) is 7.63. The van der Waals surface area contributed by atoms with Gasteiger partial charge in [-0.15, -0.1) is 11.3 Å². The van der Waals surface area contributed by atoms with E-state index >= 15 is 0 Å². The Kier molecular flexibility index (Phi) is 3.85. The Morgan fingerprint density at radius 3 is 2.67 bits per heavy atom. The molecule has 0 aliphatic heterocycles. The van der Waals surface area contributed by atoms with Crippen molar-refractivity contribution in [1.82, 2.24) is 10.2 Å². The second-order valence-electron chi connectivity index (χ2n) is 3.56. The van der Waals surface area contributed by atoms with Crippen molar-refractivity contribution in [2.45, 2.75) is 4.21 Å². The SMILES string of the molecule is O=C(O)c1cc(NS(=O)(=O)c2cc([N+](=O)[O-])c(Cl)s2)n[nH]1. The van der Waals surface area contributed by atoms with Crippen molar-refractivity contribution in [3.8, 4) is 0 Å². The number of nitrogens with zero attached hydrogens (tertiary/aromatic N) is 2. The predicted octanol–water partition coefficient (Wildman–Crippen LogP) is 1.53. The smallest absolute Gasteiger partial charge is 0.353 e. The van der Waals surface area contributed by atoms with Crippen LogP contribution in [0.15, 0.2) is 16.3 Å². The average Bonchev–Trinajstić information content (AvgIpc) is 2.95. The third-order valence-electron chi connectivity index (χ3n) is 2.15. The Balaban J connectivity index is 2.31. The minimum Gasteiger partial charge on any atom is -0.477 e. The van der Waals surface area contributed by atoms with Crippen molar-refractivity contribution in [2.24, 2.45) is 0 Å². The van der Waals surface area contributed by atoms with Crippen LogP contribution in [-0.2, 0) is 10.0 Å². The van der Waals surface area contributed by atoms with E-state index in [0.717, 1.165) is 12.1 Å². The molecule has 0 unspecified atom stereocenters. The van der Waals surface area contributed by atoms with E-state index in [1.54, 1.807) is 0 Å². The summed E-state index contributed by atoms with van der Waals surface area (Å²) in [6.07, 6.45) is 0. The van der Waals surface area contributed by atoms with Crippen molar-refractivity contribution in [1.29, 1.82) is 0 Å². The van der Waals surface area contributed by atoms with E-state index < -0.39 is 26.6 Å². The Bertz CT molecular complexity index is 826. The summed E-state index contributed by atoms with van der Waals surface area (Å²) in [5.74, 6) is -1.58. The number of nitro groups is 1. The number of sulfonamides is 1. The second kappa shape index (κ2) is 5.31. The molecule has 2 aromatic heterocycles. The number of thiophene rings is 1. The Morgan fingerprint density at radius 1 is 1.52 bits per heavy atom. The van der Waals surface area contributed by atoms with Gasteiger partial charge in [-0.25, -0.2) is 13.2 Å². The highest BCUT2D eigenvalue weighted by atomic mass is 35.5. The molecule has 0 saturated carbocycles. The number of hydrogen-bond acceptors (Lipinski definition) is 7. The number of aromatic amines is 1. The van der Waals surface area contributed by atoms with Gasteiger partial charge in [-0.05, 0) is 0 Å². The lowest BCUT2D eigenvalue weighted by molar-refractivity contribution is -0.384. The van der Waals surface area contributed by atoms with Crippen LogP contribution in [0, 0.1) is 10.1 Å². The van der Waals surface area contributed by atoms with Gasteiger partial charge in [0.15, 0.2) is 10.2 Å². The molecule has 0 radical (unpaired) electrons. The van der Waals surface area contributed by atoms with Crippen molar-refractivity contribution in [3.05, 3.63) is 32.3 Å². The molecule has 0 spiro atoms. The van der Waals surface area contributed by atoms with E-state index in [2.05, 4.69) is 10.2 Å². The fourth-order valence-corrected chi connectivity index (χ4v) is 3.92. The number of anilines is 1. The third-order valence-corrected chi connectivity index (χ3v) is 5.32. The number of aromatic nitrogens is 2. The number of carboxylic acids is 1. The fourth-order valence-electron chi connectivity index (χ4n) is 1.27. The van der Waals surface area contributed by atoms with Crippen molar-refractivity contribution in [3.63, 3.8) is 0 Å². The van der Waals surface area contributed by atoms with Crippen LogP contribution in [0.3, 0.4) is 0 Å². The molecule has 0 bridgehead atoms. The van der Waals surface area contributed by atoms with Gasteiger partial charge in [-0.3, -0.25) is 19.9 Å². The first-order valence-electron chi connectivity index (χ1n) is 4.96. The van der Waals surface area contributed by atoms with Crippen molar-refractivity contribution >= 4 is 50.4 Å². The van der Waals surface area contributed by atoms with Gasteiger partial charge in [0.2, 0.25) is 0 Å². The Hall–Kier alpha value is -2.18. The number of carboxylic acid groups (broad SMARTS) is 1. The molecular formula is C8H5ClN4O6S2. The molecule has 0 amide bonds. The molecule has 2 heterocycles. The molecule has 3 N–H and O–H groups in total. The van der Waals surface area contributed by atoms with Crippen LogP contribution in [0.5, 0.6) is 0 Å². The molecule has 2 aromatic rings. The Labute approximate surface area is 125 Å². The number of carbonyl (C=O) groups is 1. The summed E-state index contributed by atoms with van der Waals surface area (Å²) < 4.78 is 25.3. The molecule has 2 rings (SSSR count). The summed E-state index contributed by atoms with van der Waals surface area (Å²) in [7, 11) is -4.16. The number of halogens is 1. The summed E-state index contributed by atoms with van der Waals surface area (Å²) in [4.78, 5) is 20.5. The van der Waals surface area contributed by atoms with E-state index in [4.69, 9.17) is 16.7 Å². The molecule has 0 aromatic carbocycles. The first kappa shape index (κ1) is 15.2. The maximum Gasteiger partial charge on any atom is 0.353 e. The van der Waals surface area contributed by atoms with Crippen molar-refractivity contribution in [2.75, 3.05) is 4.72 Å². The van der Waals surface area contributed by atoms with Gasteiger partial charge in [0, 0.05) is 12.1 Å². The maximum atomic E-state index is 12.0. The van der Waals surface area contributed by atoms with Crippen LogP contribution >= 0.6 is 22.9 Å². The highest BCUT2D eigenvalue weighted by Gasteiger charge is 2.26. The normalized spacial score (nSPS) is 11.3. The zero-order valence-corrected chi connectivity index (χ0v) is 12.1. The molecule has 0 aliphatic rings. The van der Waals surface area contributed by atoms with Crippen LogP contribution in [0.25, 0.3) is 0 Å². The monoisotopic (exact) mass is 352 g/mol. The van der Waals surface area contributed by atoms with Crippen LogP contribution < -0.4 is 4.72 Å². The number of H-pyrrole nitrogens is 1. The standard InChI is InChI=1S/C8H5ClN4O6S2/c9-7-4(13(16)17)2-6(20-7)21(18,19)12-5-1-3(8(14)15)10-11-5/h1-2H,(H,14,15)(H2,10,11,12). The fraction of sp³-hybridized carbons (Fsp3) is 0. The van der Waals surface area contributed by atoms with E-state index in [0.29, 0.717) is 11.3 Å². The summed E-state index contributed by atoms with van der Waals surface area (Å²) in [5, 5.41) is 24.9. The topological polar surface area (TPSA) is 155 Å². The van der Waals surface area contributed by atoms with Gasteiger partial charge >= 0.3 is 5.97 Å². The zero-order valence-electron chi connectivity index (χ0n) is 9.73. The predicted molar refractivity (Wildman–Crippen MR) is 72.3 cm³/mol. The summed E-state index contributed by atoms with van der Waals surface area (Å²) in [6.45, 7) is 0. The molecule has 112 valence electrons. The molecule has 13 heteroatoms. The van der Waals surface area contributed by atoms with Crippen LogP contribution in [-0.4, -0.2) is 34.6 Å². The van der Waals surface area contributed by atoms with Crippen LogP contribution in [0.1, 0.15) is 10.5 Å². The maximum absolute atomic E-state index is 12.0. The lowest BCUT2D eigenvalue weighted by atomic mass is 10.4. The first-order chi connectivity index (χ1) is 9.70. The molecule has 0 atom stereocenters. The van der Waals surface area contributed by atoms with E-state index in [1.165, 1.54) is 0 Å². The van der Waals surface area contributed by atoms with Crippen LogP contribution in [0.2, 0.25) is 4.34 Å². The lowest BCUT2D eigenvalue weighted by Crippen LogP contribution is -2.11. The van der Waals surface area contributed by atoms with E-state index in [9.17, 15) is 23.3 Å². The zero-order chi connectivity index (χ0) is 15.8. The average molecular weight is 353 g/mol. The number of aromatic carboxylic acids is 1. The highest BCUT2D eigenvalue weighted by Crippen LogP contribution is 2.36. The highest BCUT2D eigenvalue weighted by molar-refractivity contribution is 7.94. The van der Waals surface area contributed by atoms with Crippen LogP contribution in [0.4, 0.5) is 11.5 Å². The van der Waals surface area contributed by atoms with E-state index in [1.807, 2.05) is 4.72 Å². The number of hydrogen-bond donors (Lipinski definition) is 3. The Morgan fingerprint density at radius 2 is 2.19 bits per heavy atom. The minimum atomic E-state index is -4.16. The molecule has 21 heavy (non-hydrogen) atoms. The van der Waals surface area contributed by atoms with Gasteiger partial charge in [0.05, 0.1) is 4.92 Å². The summed E-state index contributed by atoms with van der Waals surface area (Å²) >= 11 is 6.08. The minimum absolute atomic E-state index is 0.264. The number of nitrogens with one attached hydrogen (secondary N) is 2. The van der Waals surface area contributed by atoms with Gasteiger partial charge < -0.3 is 5.11 Å².